The van der Waals surface area contributed by atoms with Crippen molar-refractivity contribution in [3.05, 3.63) is 65.2 Å². The normalized spacial score (nSPS) is 11.0. The maximum Gasteiger partial charge on any atom is 0.417 e. The Morgan fingerprint density at radius 3 is 2.48 bits per heavy atom. The molecule has 0 saturated heterocycles. The number of rotatable bonds is 5. The van der Waals surface area contributed by atoms with E-state index in [9.17, 15) is 22.8 Å². The molecule has 1 amide bonds. The van der Waals surface area contributed by atoms with Gasteiger partial charge in [0.1, 0.15) is 0 Å². The highest BCUT2D eigenvalue weighted by Gasteiger charge is 2.34. The van der Waals surface area contributed by atoms with E-state index in [4.69, 9.17) is 4.74 Å². The van der Waals surface area contributed by atoms with Crippen LogP contribution in [0.25, 0.3) is 0 Å². The van der Waals surface area contributed by atoms with Gasteiger partial charge in [0.05, 0.1) is 23.3 Å². The van der Waals surface area contributed by atoms with Crippen LogP contribution in [0.3, 0.4) is 0 Å². The van der Waals surface area contributed by atoms with Gasteiger partial charge in [0.25, 0.3) is 5.91 Å². The largest absolute Gasteiger partial charge is 0.462 e. The summed E-state index contributed by atoms with van der Waals surface area (Å²) < 4.78 is 44.0. The summed E-state index contributed by atoms with van der Waals surface area (Å²) >= 11 is 0. The first-order valence-corrected chi connectivity index (χ1v) is 7.57. The molecule has 0 unspecified atom stereocenters. The van der Waals surface area contributed by atoms with Gasteiger partial charge >= 0.3 is 12.1 Å². The second-order valence-corrected chi connectivity index (χ2v) is 5.21. The number of anilines is 1. The summed E-state index contributed by atoms with van der Waals surface area (Å²) in [6.07, 6.45) is -3.98. The minimum atomic E-state index is -4.64. The Hall–Kier alpha value is -2.83. The first-order chi connectivity index (χ1) is 11.8. The van der Waals surface area contributed by atoms with Crippen molar-refractivity contribution in [2.24, 2.45) is 0 Å². The molecule has 0 bridgehead atoms. The molecule has 2 aromatic carbocycles. The lowest BCUT2D eigenvalue weighted by atomic mass is 10.1. The third-order valence-electron chi connectivity index (χ3n) is 3.27. The molecule has 0 aliphatic heterocycles. The average molecular weight is 351 g/mol. The molecule has 2 rings (SSSR count). The molecule has 0 aromatic heterocycles. The third-order valence-corrected chi connectivity index (χ3v) is 3.27. The fourth-order valence-corrected chi connectivity index (χ4v) is 2.13. The van der Waals surface area contributed by atoms with E-state index in [2.05, 4.69) is 5.32 Å². The van der Waals surface area contributed by atoms with E-state index in [-0.39, 0.29) is 17.9 Å². The fourth-order valence-electron chi connectivity index (χ4n) is 2.13. The minimum absolute atomic E-state index is 0.202. The molecule has 0 radical (unpaired) electrons. The number of carbonyl (C=O) groups is 2. The van der Waals surface area contributed by atoms with Crippen molar-refractivity contribution in [2.45, 2.75) is 19.5 Å². The van der Waals surface area contributed by atoms with Crippen molar-refractivity contribution < 1.29 is 27.5 Å². The Balaban J connectivity index is 2.21. The van der Waals surface area contributed by atoms with Gasteiger partial charge in [-0.25, -0.2) is 4.79 Å². The molecule has 0 heterocycles. The summed E-state index contributed by atoms with van der Waals surface area (Å²) in [6, 6.07) is 10.3. The van der Waals surface area contributed by atoms with Crippen molar-refractivity contribution in [3.63, 3.8) is 0 Å². The number of carbonyl (C=O) groups excluding carboxylic acids is 2. The van der Waals surface area contributed by atoms with Gasteiger partial charge in [0.15, 0.2) is 0 Å². The number of amides is 1. The van der Waals surface area contributed by atoms with E-state index in [0.717, 1.165) is 12.1 Å². The van der Waals surface area contributed by atoms with E-state index in [1.807, 2.05) is 6.92 Å². The van der Waals surface area contributed by atoms with Crippen molar-refractivity contribution in [1.29, 1.82) is 0 Å². The first kappa shape index (κ1) is 18.5. The Kier molecular flexibility index (Phi) is 5.80. The molecule has 0 aliphatic carbocycles. The summed E-state index contributed by atoms with van der Waals surface area (Å²) in [6.45, 7) is 2.11. The highest BCUT2D eigenvalue weighted by molar-refractivity contribution is 6.06. The van der Waals surface area contributed by atoms with Crippen LogP contribution in [0.4, 0.5) is 18.9 Å². The van der Waals surface area contributed by atoms with Crippen molar-refractivity contribution in [3.8, 4) is 0 Å². The lowest BCUT2D eigenvalue weighted by Gasteiger charge is -2.13. The SMILES string of the molecule is CCCOC(=O)c1cccc(NC(=O)c2ccccc2C(F)(F)F)c1. The van der Waals surface area contributed by atoms with Gasteiger partial charge in [0, 0.05) is 5.69 Å². The van der Waals surface area contributed by atoms with Gasteiger partial charge in [-0.05, 0) is 36.8 Å². The van der Waals surface area contributed by atoms with Gasteiger partial charge in [-0.2, -0.15) is 13.2 Å². The smallest absolute Gasteiger partial charge is 0.417 e. The molecule has 0 aliphatic rings. The monoisotopic (exact) mass is 351 g/mol. The number of nitrogens with one attached hydrogen (secondary N) is 1. The van der Waals surface area contributed by atoms with E-state index in [0.29, 0.717) is 6.42 Å². The number of hydrogen-bond donors (Lipinski definition) is 1. The molecule has 2 aromatic rings. The van der Waals surface area contributed by atoms with Crippen LogP contribution in [0.1, 0.15) is 39.6 Å². The predicted molar refractivity (Wildman–Crippen MR) is 86.4 cm³/mol. The lowest BCUT2D eigenvalue weighted by Crippen LogP contribution is -2.18. The second kappa shape index (κ2) is 7.83. The molecule has 0 atom stereocenters. The molecular formula is C18H16F3NO3. The van der Waals surface area contributed by atoms with Crippen LogP contribution in [-0.4, -0.2) is 18.5 Å². The number of hydrogen-bond acceptors (Lipinski definition) is 3. The van der Waals surface area contributed by atoms with Gasteiger partial charge in [-0.15, -0.1) is 0 Å². The lowest BCUT2D eigenvalue weighted by molar-refractivity contribution is -0.137. The molecule has 1 N–H and O–H groups in total. The molecular weight excluding hydrogens is 335 g/mol. The van der Waals surface area contributed by atoms with Crippen LogP contribution in [-0.2, 0) is 10.9 Å². The van der Waals surface area contributed by atoms with Crippen LogP contribution in [0.15, 0.2) is 48.5 Å². The van der Waals surface area contributed by atoms with Crippen LogP contribution in [0, 0.1) is 0 Å². The van der Waals surface area contributed by atoms with Gasteiger partial charge in [-0.1, -0.05) is 25.1 Å². The summed E-state index contributed by atoms with van der Waals surface area (Å²) in [5, 5.41) is 2.38. The summed E-state index contributed by atoms with van der Waals surface area (Å²) in [5.74, 6) is -1.47. The minimum Gasteiger partial charge on any atom is -0.462 e. The molecule has 132 valence electrons. The maximum atomic E-state index is 13.0. The number of esters is 1. The van der Waals surface area contributed by atoms with Crippen molar-refractivity contribution in [1.82, 2.24) is 0 Å². The quantitative estimate of drug-likeness (QED) is 0.806. The standard InChI is InChI=1S/C18H16F3NO3/c1-2-10-25-17(24)12-6-5-7-13(11-12)22-16(23)14-8-3-4-9-15(14)18(19,20)21/h3-9,11H,2,10H2,1H3,(H,22,23). The fraction of sp³-hybridized carbons (Fsp3) is 0.222. The molecule has 4 nitrogen and oxygen atoms in total. The van der Waals surface area contributed by atoms with E-state index >= 15 is 0 Å². The van der Waals surface area contributed by atoms with E-state index in [1.165, 1.54) is 36.4 Å². The zero-order chi connectivity index (χ0) is 18.4. The number of ether oxygens (including phenoxy) is 1. The van der Waals surface area contributed by atoms with Crippen LogP contribution in [0.5, 0.6) is 0 Å². The van der Waals surface area contributed by atoms with E-state index < -0.39 is 29.2 Å². The van der Waals surface area contributed by atoms with E-state index in [1.54, 1.807) is 0 Å². The Labute approximate surface area is 142 Å². The topological polar surface area (TPSA) is 55.4 Å². The van der Waals surface area contributed by atoms with Crippen molar-refractivity contribution in [2.75, 3.05) is 11.9 Å². The van der Waals surface area contributed by atoms with Gasteiger partial charge in [-0.3, -0.25) is 4.79 Å². The van der Waals surface area contributed by atoms with Crippen molar-refractivity contribution >= 4 is 17.6 Å². The third kappa shape index (κ3) is 4.82. The Bertz CT molecular complexity index is 772. The van der Waals surface area contributed by atoms with Crippen LogP contribution < -0.4 is 5.32 Å². The zero-order valence-corrected chi connectivity index (χ0v) is 13.4. The van der Waals surface area contributed by atoms with Crippen LogP contribution >= 0.6 is 0 Å². The first-order valence-electron chi connectivity index (χ1n) is 7.57. The van der Waals surface area contributed by atoms with Gasteiger partial charge in [0.2, 0.25) is 0 Å². The second-order valence-electron chi connectivity index (χ2n) is 5.21. The highest BCUT2D eigenvalue weighted by Crippen LogP contribution is 2.32. The Morgan fingerprint density at radius 1 is 1.08 bits per heavy atom. The highest BCUT2D eigenvalue weighted by atomic mass is 19.4. The van der Waals surface area contributed by atoms with Crippen LogP contribution in [0.2, 0.25) is 0 Å². The molecule has 0 spiro atoms. The molecule has 7 heteroatoms. The number of alkyl halides is 3. The maximum absolute atomic E-state index is 13.0. The summed E-state index contributed by atoms with van der Waals surface area (Å²) in [4.78, 5) is 24.0. The summed E-state index contributed by atoms with van der Waals surface area (Å²) in [7, 11) is 0. The zero-order valence-electron chi connectivity index (χ0n) is 13.4. The number of halogens is 3. The average Bonchev–Trinajstić information content (AvgIpc) is 2.59. The summed E-state index contributed by atoms with van der Waals surface area (Å²) in [5.41, 5.74) is -1.11. The van der Waals surface area contributed by atoms with Gasteiger partial charge < -0.3 is 10.1 Å². The number of benzene rings is 2. The molecule has 0 fully saturated rings. The predicted octanol–water partition coefficient (Wildman–Crippen LogP) is 4.52. The molecule has 25 heavy (non-hydrogen) atoms. The Morgan fingerprint density at radius 2 is 1.80 bits per heavy atom. The molecule has 0 saturated carbocycles.